The van der Waals surface area contributed by atoms with Crippen molar-refractivity contribution in [3.05, 3.63) is 35.4 Å². The van der Waals surface area contributed by atoms with Crippen LogP contribution in [0, 0.1) is 0 Å². The maximum atomic E-state index is 11.5. The molecule has 5 nitrogen and oxygen atoms in total. The monoisotopic (exact) mass is 262 g/mol. The molecule has 0 aliphatic rings. The van der Waals surface area contributed by atoms with E-state index in [1.54, 1.807) is 30.5 Å². The van der Waals surface area contributed by atoms with Gasteiger partial charge in [0.1, 0.15) is 0 Å². The first-order valence-electron chi connectivity index (χ1n) is 4.30. The Kier molecular flexibility index (Phi) is 4.70. The van der Waals surface area contributed by atoms with Crippen LogP contribution in [0.5, 0.6) is 0 Å². The van der Waals surface area contributed by atoms with Gasteiger partial charge in [0.15, 0.2) is 0 Å². The van der Waals surface area contributed by atoms with Crippen molar-refractivity contribution in [2.75, 3.05) is 6.26 Å². The van der Waals surface area contributed by atoms with Gasteiger partial charge < -0.3 is 9.79 Å². The molecule has 1 rings (SSSR count). The Morgan fingerprint density at radius 2 is 2.06 bits per heavy atom. The van der Waals surface area contributed by atoms with E-state index in [1.807, 2.05) is 0 Å². The molecule has 88 valence electrons. The summed E-state index contributed by atoms with van der Waals surface area (Å²) in [5.41, 5.74) is 0.869. The average molecular weight is 262 g/mol. The molecule has 0 aliphatic carbocycles. The molecule has 0 unspecified atom stereocenters. The van der Waals surface area contributed by atoms with Crippen molar-refractivity contribution in [1.82, 2.24) is 0 Å². The predicted octanol–water partition coefficient (Wildman–Crippen LogP) is 1.80. The fourth-order valence-corrected chi connectivity index (χ4v) is 1.84. The summed E-state index contributed by atoms with van der Waals surface area (Å²) >= 11 is 1.04. The summed E-state index contributed by atoms with van der Waals surface area (Å²) in [6, 6.07) is 6.55. The lowest BCUT2D eigenvalue weighted by atomic mass is 10.1. The molecule has 0 saturated carbocycles. The van der Waals surface area contributed by atoms with Gasteiger partial charge in [-0.15, -0.1) is 0 Å². The Morgan fingerprint density at radius 1 is 1.44 bits per heavy atom. The summed E-state index contributed by atoms with van der Waals surface area (Å²) in [6.07, 6.45) is 1.64. The highest BCUT2D eigenvalue weighted by Gasteiger charge is 2.16. The van der Waals surface area contributed by atoms with Gasteiger partial charge in [-0.05, 0) is 11.8 Å². The summed E-state index contributed by atoms with van der Waals surface area (Å²) < 4.78 is 14.9. The van der Waals surface area contributed by atoms with Crippen molar-refractivity contribution < 1.29 is 23.7 Å². The Morgan fingerprint density at radius 3 is 2.62 bits per heavy atom. The molecule has 0 amide bonds. The van der Waals surface area contributed by atoms with Crippen molar-refractivity contribution >= 4 is 24.7 Å². The van der Waals surface area contributed by atoms with Crippen LogP contribution in [-0.2, 0) is 15.7 Å². The van der Waals surface area contributed by atoms with Gasteiger partial charge in [0.05, 0.1) is 6.61 Å². The van der Waals surface area contributed by atoms with Gasteiger partial charge in [-0.25, -0.2) is 4.57 Å². The van der Waals surface area contributed by atoms with E-state index in [9.17, 15) is 9.36 Å². The van der Waals surface area contributed by atoms with E-state index in [0.717, 1.165) is 11.8 Å². The fraction of sp³-hybridized carbons (Fsp3) is 0.222. The highest BCUT2D eigenvalue weighted by atomic mass is 32.2. The number of benzene rings is 1. The largest absolute Gasteiger partial charge is 0.469 e. The van der Waals surface area contributed by atoms with Gasteiger partial charge >= 0.3 is 7.82 Å². The van der Waals surface area contributed by atoms with E-state index < -0.39 is 7.82 Å². The van der Waals surface area contributed by atoms with E-state index >= 15 is 0 Å². The maximum Gasteiger partial charge on any atom is 0.469 e. The van der Waals surface area contributed by atoms with Gasteiger partial charge in [0, 0.05) is 5.56 Å². The van der Waals surface area contributed by atoms with Gasteiger partial charge in [-0.2, -0.15) is 0 Å². The minimum atomic E-state index is -4.51. The molecule has 0 aliphatic heterocycles. The lowest BCUT2D eigenvalue weighted by molar-refractivity contribution is 0.108. The summed E-state index contributed by atoms with van der Waals surface area (Å²) in [4.78, 5) is 28.6. The van der Waals surface area contributed by atoms with Crippen molar-refractivity contribution in [2.45, 2.75) is 6.61 Å². The lowest BCUT2D eigenvalue weighted by Gasteiger charge is -2.08. The van der Waals surface area contributed by atoms with E-state index in [2.05, 4.69) is 4.52 Å². The molecule has 16 heavy (non-hydrogen) atoms. The van der Waals surface area contributed by atoms with Crippen LogP contribution >= 0.6 is 19.6 Å². The van der Waals surface area contributed by atoms with Gasteiger partial charge in [0.25, 0.3) is 0 Å². The molecule has 0 bridgehead atoms. The lowest BCUT2D eigenvalue weighted by Crippen LogP contribution is -2.01. The SMILES string of the molecule is CSC(=O)c1ccccc1COP(=O)(O)O. The first-order chi connectivity index (χ1) is 7.44. The number of rotatable bonds is 4. The number of phosphoric acid groups is 1. The standard InChI is InChI=1S/C9H11O5PS/c1-16-9(10)8-5-3-2-4-7(8)6-14-15(11,12)13/h2-5H,6H2,1H3,(H2,11,12,13). The molecule has 0 aromatic heterocycles. The molecule has 0 radical (unpaired) electrons. The van der Waals surface area contributed by atoms with E-state index in [4.69, 9.17) is 9.79 Å². The van der Waals surface area contributed by atoms with Crippen LogP contribution in [0.3, 0.4) is 0 Å². The molecular weight excluding hydrogens is 251 g/mol. The van der Waals surface area contributed by atoms with Gasteiger partial charge in [-0.1, -0.05) is 36.0 Å². The average Bonchev–Trinajstić information content (AvgIpc) is 2.25. The molecule has 1 aromatic carbocycles. The van der Waals surface area contributed by atoms with Crippen molar-refractivity contribution in [3.63, 3.8) is 0 Å². The van der Waals surface area contributed by atoms with Crippen molar-refractivity contribution in [2.24, 2.45) is 0 Å². The van der Waals surface area contributed by atoms with Crippen LogP contribution in [-0.4, -0.2) is 21.2 Å². The number of carbonyl (C=O) groups is 1. The summed E-state index contributed by atoms with van der Waals surface area (Å²) in [5, 5.41) is -0.162. The zero-order chi connectivity index (χ0) is 12.2. The van der Waals surface area contributed by atoms with Crippen LogP contribution in [0.15, 0.2) is 24.3 Å². The smallest absolute Gasteiger partial charge is 0.303 e. The second kappa shape index (κ2) is 5.61. The topological polar surface area (TPSA) is 83.8 Å². The number of hydrogen-bond donors (Lipinski definition) is 2. The summed E-state index contributed by atoms with van der Waals surface area (Å²) in [5.74, 6) is 0. The van der Waals surface area contributed by atoms with Crippen LogP contribution < -0.4 is 0 Å². The molecule has 0 spiro atoms. The second-order valence-corrected chi connectivity index (χ2v) is 4.93. The van der Waals surface area contributed by atoms with E-state index in [1.165, 1.54) is 0 Å². The van der Waals surface area contributed by atoms with E-state index in [0.29, 0.717) is 11.1 Å². The number of carbonyl (C=O) groups excluding carboxylic acids is 1. The summed E-state index contributed by atoms with van der Waals surface area (Å²) in [6.45, 7) is -0.285. The Balaban J connectivity index is 2.87. The van der Waals surface area contributed by atoms with Crippen LogP contribution in [0.4, 0.5) is 0 Å². The van der Waals surface area contributed by atoms with Gasteiger partial charge in [0.2, 0.25) is 5.12 Å². The quantitative estimate of drug-likeness (QED) is 0.805. The minimum absolute atomic E-state index is 0.162. The zero-order valence-electron chi connectivity index (χ0n) is 8.49. The van der Waals surface area contributed by atoms with Crippen LogP contribution in [0.2, 0.25) is 0 Å². The molecule has 0 heterocycles. The normalized spacial score (nSPS) is 11.4. The van der Waals surface area contributed by atoms with Crippen LogP contribution in [0.25, 0.3) is 0 Å². The Bertz CT molecular complexity index is 428. The third kappa shape index (κ3) is 4.08. The molecular formula is C9H11O5PS. The molecule has 7 heteroatoms. The molecule has 0 fully saturated rings. The third-order valence-electron chi connectivity index (χ3n) is 1.81. The van der Waals surface area contributed by atoms with Gasteiger partial charge in [-0.3, -0.25) is 9.32 Å². The van der Waals surface area contributed by atoms with Crippen molar-refractivity contribution in [1.29, 1.82) is 0 Å². The number of thioether (sulfide) groups is 1. The highest BCUT2D eigenvalue weighted by molar-refractivity contribution is 8.13. The molecule has 1 aromatic rings. The minimum Gasteiger partial charge on any atom is -0.303 e. The van der Waals surface area contributed by atoms with E-state index in [-0.39, 0.29) is 11.7 Å². The predicted molar refractivity (Wildman–Crippen MR) is 61.1 cm³/mol. The zero-order valence-corrected chi connectivity index (χ0v) is 10.2. The number of phosphoric ester groups is 1. The summed E-state index contributed by atoms with van der Waals surface area (Å²) in [7, 11) is -4.51. The Labute approximate surface area is 97.1 Å². The first kappa shape index (κ1) is 13.4. The molecule has 0 saturated heterocycles. The molecule has 0 atom stereocenters. The highest BCUT2D eigenvalue weighted by Crippen LogP contribution is 2.37. The Hall–Kier alpha value is -0.650. The van der Waals surface area contributed by atoms with Crippen LogP contribution in [0.1, 0.15) is 15.9 Å². The second-order valence-electron chi connectivity index (χ2n) is 2.91. The number of hydrogen-bond acceptors (Lipinski definition) is 4. The first-order valence-corrected chi connectivity index (χ1v) is 7.06. The van der Waals surface area contributed by atoms with Crippen molar-refractivity contribution in [3.8, 4) is 0 Å². The third-order valence-corrected chi connectivity index (χ3v) is 2.87. The molecule has 2 N–H and O–H groups in total. The fourth-order valence-electron chi connectivity index (χ4n) is 1.11. The maximum absolute atomic E-state index is 11.5.